The van der Waals surface area contributed by atoms with Crippen molar-refractivity contribution in [3.05, 3.63) is 24.2 Å². The summed E-state index contributed by atoms with van der Waals surface area (Å²) in [6.07, 6.45) is 7.27. The Morgan fingerprint density at radius 3 is 3.06 bits per heavy atom. The van der Waals surface area contributed by atoms with Crippen LogP contribution >= 0.6 is 0 Å². The molecular weight excluding hydrogens is 202 g/mol. The minimum atomic E-state index is 0.289. The van der Waals surface area contributed by atoms with Crippen LogP contribution in [0.4, 0.5) is 0 Å². The predicted molar refractivity (Wildman–Crippen MR) is 61.2 cm³/mol. The molecule has 88 valence electrons. The minimum Gasteiger partial charge on any atom is -0.472 e. The lowest BCUT2D eigenvalue weighted by atomic mass is 9.77. The van der Waals surface area contributed by atoms with Crippen LogP contribution in [0.5, 0.6) is 0 Å². The van der Waals surface area contributed by atoms with Crippen LogP contribution in [0.2, 0.25) is 0 Å². The second-order valence-corrected chi connectivity index (χ2v) is 5.21. The first-order chi connectivity index (χ1) is 7.81. The highest BCUT2D eigenvalue weighted by molar-refractivity contribution is 5.18. The lowest BCUT2D eigenvalue weighted by Crippen LogP contribution is -2.46. The van der Waals surface area contributed by atoms with E-state index in [1.54, 1.807) is 6.26 Å². The zero-order chi connectivity index (χ0) is 11.1. The summed E-state index contributed by atoms with van der Waals surface area (Å²) in [6.45, 7) is 0.289. The Bertz CT molecular complexity index is 349. The Hall–Kier alpha value is -0.800. The third kappa shape index (κ3) is 1.42. The van der Waals surface area contributed by atoms with Gasteiger partial charge in [-0.3, -0.25) is 0 Å². The molecule has 2 fully saturated rings. The summed E-state index contributed by atoms with van der Waals surface area (Å²) in [4.78, 5) is 2.47. The highest BCUT2D eigenvalue weighted by Gasteiger charge is 2.45. The van der Waals surface area contributed by atoms with Crippen LogP contribution in [0.1, 0.15) is 30.7 Å². The average Bonchev–Trinajstić information content (AvgIpc) is 2.87. The predicted octanol–water partition coefficient (Wildman–Crippen LogP) is 1.84. The number of aliphatic hydroxyl groups excluding tert-OH is 1. The first-order valence-corrected chi connectivity index (χ1v) is 6.16. The summed E-state index contributed by atoms with van der Waals surface area (Å²) in [5.41, 5.74) is 1.27. The van der Waals surface area contributed by atoms with Gasteiger partial charge >= 0.3 is 0 Å². The van der Waals surface area contributed by atoms with Gasteiger partial charge in [0.1, 0.15) is 0 Å². The molecule has 2 aliphatic heterocycles. The van der Waals surface area contributed by atoms with Gasteiger partial charge in [-0.05, 0) is 43.9 Å². The topological polar surface area (TPSA) is 36.6 Å². The van der Waals surface area contributed by atoms with E-state index in [0.29, 0.717) is 23.9 Å². The molecule has 0 amide bonds. The van der Waals surface area contributed by atoms with Crippen molar-refractivity contribution < 1.29 is 9.52 Å². The second-order valence-electron chi connectivity index (χ2n) is 5.21. The number of aliphatic hydroxyl groups is 1. The molecule has 1 aromatic heterocycles. The van der Waals surface area contributed by atoms with Gasteiger partial charge in [0.25, 0.3) is 0 Å². The highest BCUT2D eigenvalue weighted by atomic mass is 16.3. The second kappa shape index (κ2) is 3.90. The van der Waals surface area contributed by atoms with Crippen molar-refractivity contribution in [3.63, 3.8) is 0 Å². The number of fused-ring (bicyclic) bond motifs is 2. The van der Waals surface area contributed by atoms with E-state index in [4.69, 9.17) is 4.42 Å². The standard InChI is InChI=1S/C13H19NO2/c1-14-10-2-3-13(14)12(7-15)11(6-10)9-4-5-16-8-9/h4-5,8,10-13,15H,2-3,6-7H2,1H3. The molecule has 0 aromatic carbocycles. The number of rotatable bonds is 2. The SMILES string of the molecule is CN1C2CCC1C(CO)C(c1ccoc1)C2. The smallest absolute Gasteiger partial charge is 0.0937 e. The zero-order valence-electron chi connectivity index (χ0n) is 9.67. The summed E-state index contributed by atoms with van der Waals surface area (Å²) >= 11 is 0. The van der Waals surface area contributed by atoms with Crippen LogP contribution in [-0.2, 0) is 0 Å². The molecule has 1 N–H and O–H groups in total. The molecule has 1 aromatic rings. The third-order valence-electron chi connectivity index (χ3n) is 4.61. The first-order valence-electron chi connectivity index (χ1n) is 6.16. The summed E-state index contributed by atoms with van der Waals surface area (Å²) < 4.78 is 5.18. The summed E-state index contributed by atoms with van der Waals surface area (Å²) in [6, 6.07) is 3.31. The molecule has 3 heteroatoms. The van der Waals surface area contributed by atoms with E-state index < -0.39 is 0 Å². The lowest BCUT2D eigenvalue weighted by Gasteiger charge is -2.42. The van der Waals surface area contributed by atoms with Crippen molar-refractivity contribution in [1.29, 1.82) is 0 Å². The van der Waals surface area contributed by atoms with Gasteiger partial charge in [0, 0.05) is 24.6 Å². The summed E-state index contributed by atoms with van der Waals surface area (Å²) in [7, 11) is 2.20. The van der Waals surface area contributed by atoms with Gasteiger partial charge in [-0.1, -0.05) is 0 Å². The van der Waals surface area contributed by atoms with E-state index in [1.165, 1.54) is 18.4 Å². The van der Waals surface area contributed by atoms with Crippen LogP contribution in [0.3, 0.4) is 0 Å². The van der Waals surface area contributed by atoms with E-state index >= 15 is 0 Å². The lowest BCUT2D eigenvalue weighted by molar-refractivity contribution is 0.0590. The Kier molecular flexibility index (Phi) is 2.52. The van der Waals surface area contributed by atoms with E-state index in [9.17, 15) is 5.11 Å². The van der Waals surface area contributed by atoms with Gasteiger partial charge in [0.15, 0.2) is 0 Å². The number of hydrogen-bond acceptors (Lipinski definition) is 3. The normalized spacial score (nSPS) is 39.1. The molecule has 4 atom stereocenters. The van der Waals surface area contributed by atoms with E-state index in [-0.39, 0.29) is 6.61 Å². The van der Waals surface area contributed by atoms with Crippen molar-refractivity contribution in [2.75, 3.05) is 13.7 Å². The number of furan rings is 1. The van der Waals surface area contributed by atoms with Crippen molar-refractivity contribution in [3.8, 4) is 0 Å². The van der Waals surface area contributed by atoms with Crippen LogP contribution in [-0.4, -0.2) is 35.7 Å². The van der Waals surface area contributed by atoms with Gasteiger partial charge in [-0.15, -0.1) is 0 Å². The van der Waals surface area contributed by atoms with Gasteiger partial charge in [-0.25, -0.2) is 0 Å². The van der Waals surface area contributed by atoms with Crippen molar-refractivity contribution in [2.45, 2.75) is 37.3 Å². The average molecular weight is 221 g/mol. The molecule has 0 saturated carbocycles. The molecule has 3 nitrogen and oxygen atoms in total. The Morgan fingerprint density at radius 1 is 1.50 bits per heavy atom. The quantitative estimate of drug-likeness (QED) is 0.828. The van der Waals surface area contributed by atoms with Crippen LogP contribution in [0.15, 0.2) is 23.0 Å². The van der Waals surface area contributed by atoms with Gasteiger partial charge in [-0.2, -0.15) is 0 Å². The molecule has 4 unspecified atom stereocenters. The fourth-order valence-electron chi connectivity index (χ4n) is 3.70. The van der Waals surface area contributed by atoms with Crippen molar-refractivity contribution in [1.82, 2.24) is 4.90 Å². The maximum Gasteiger partial charge on any atom is 0.0937 e. The maximum atomic E-state index is 9.64. The van der Waals surface area contributed by atoms with Crippen LogP contribution in [0, 0.1) is 5.92 Å². The van der Waals surface area contributed by atoms with E-state index in [2.05, 4.69) is 18.0 Å². The van der Waals surface area contributed by atoms with Gasteiger partial charge < -0.3 is 14.4 Å². The molecule has 2 aliphatic rings. The van der Waals surface area contributed by atoms with Crippen molar-refractivity contribution >= 4 is 0 Å². The summed E-state index contributed by atoms with van der Waals surface area (Å²) in [5, 5.41) is 9.64. The molecule has 3 heterocycles. The number of nitrogens with zero attached hydrogens (tertiary/aromatic N) is 1. The minimum absolute atomic E-state index is 0.289. The van der Waals surface area contributed by atoms with Gasteiger partial charge in [0.05, 0.1) is 12.5 Å². The molecule has 2 saturated heterocycles. The molecule has 2 bridgehead atoms. The maximum absolute atomic E-state index is 9.64. The fraction of sp³-hybridized carbons (Fsp3) is 0.692. The fourth-order valence-corrected chi connectivity index (χ4v) is 3.70. The van der Waals surface area contributed by atoms with E-state index in [1.807, 2.05) is 6.26 Å². The van der Waals surface area contributed by atoms with Crippen LogP contribution < -0.4 is 0 Å². The number of piperidine rings is 1. The molecule has 3 rings (SSSR count). The largest absolute Gasteiger partial charge is 0.472 e. The molecule has 0 spiro atoms. The van der Waals surface area contributed by atoms with Gasteiger partial charge in [0.2, 0.25) is 0 Å². The third-order valence-corrected chi connectivity index (χ3v) is 4.61. The molecular formula is C13H19NO2. The Morgan fingerprint density at radius 2 is 2.38 bits per heavy atom. The Balaban J connectivity index is 1.90. The number of hydrogen-bond donors (Lipinski definition) is 1. The molecule has 0 aliphatic carbocycles. The first kappa shape index (κ1) is 10.4. The highest BCUT2D eigenvalue weighted by Crippen LogP contribution is 2.45. The van der Waals surface area contributed by atoms with E-state index in [0.717, 1.165) is 6.42 Å². The van der Waals surface area contributed by atoms with Crippen molar-refractivity contribution in [2.24, 2.45) is 5.92 Å². The molecule has 0 radical (unpaired) electrons. The Labute approximate surface area is 96.1 Å². The molecule has 16 heavy (non-hydrogen) atoms. The van der Waals surface area contributed by atoms with Crippen LogP contribution in [0.25, 0.3) is 0 Å². The zero-order valence-corrected chi connectivity index (χ0v) is 9.67. The monoisotopic (exact) mass is 221 g/mol. The summed E-state index contributed by atoms with van der Waals surface area (Å²) in [5.74, 6) is 0.860.